The Morgan fingerprint density at radius 2 is 1.89 bits per heavy atom. The van der Waals surface area contributed by atoms with Gasteiger partial charge in [0.2, 0.25) is 0 Å². The summed E-state index contributed by atoms with van der Waals surface area (Å²) >= 11 is 6.03. The van der Waals surface area contributed by atoms with E-state index < -0.39 is 23.7 Å². The molecule has 0 saturated heterocycles. The number of aryl methyl sites for hydroxylation is 2. The Labute approximate surface area is 227 Å². The van der Waals surface area contributed by atoms with Crippen molar-refractivity contribution >= 4 is 35.1 Å². The SMILES string of the molecule is Cc1nc(NC(=O)Nc2cccc(Cl)c2)c(C)c(C(OC(C)(C)C)C(=O)O)c1-c1ccc2c(c1)CCCO2. The fourth-order valence-electron chi connectivity index (χ4n) is 4.57. The van der Waals surface area contributed by atoms with Gasteiger partial charge in [-0.2, -0.15) is 0 Å². The Hall–Kier alpha value is -3.62. The largest absolute Gasteiger partial charge is 0.493 e. The van der Waals surface area contributed by atoms with Crippen molar-refractivity contribution in [3.05, 3.63) is 69.9 Å². The smallest absolute Gasteiger partial charge is 0.337 e. The van der Waals surface area contributed by atoms with Gasteiger partial charge in [0.25, 0.3) is 0 Å². The minimum absolute atomic E-state index is 0.242. The number of carboxylic acids is 1. The van der Waals surface area contributed by atoms with Crippen molar-refractivity contribution in [2.24, 2.45) is 0 Å². The molecule has 2 amide bonds. The van der Waals surface area contributed by atoms with E-state index >= 15 is 0 Å². The lowest BCUT2D eigenvalue weighted by Crippen LogP contribution is -2.29. The molecular formula is C29H32ClN3O5. The van der Waals surface area contributed by atoms with Crippen LogP contribution >= 0.6 is 11.6 Å². The first kappa shape index (κ1) is 27.4. The quantitative estimate of drug-likeness (QED) is 0.314. The van der Waals surface area contributed by atoms with Gasteiger partial charge < -0.3 is 19.9 Å². The number of carbonyl (C=O) groups is 2. The molecule has 1 atom stereocenters. The topological polar surface area (TPSA) is 110 Å². The molecule has 3 aromatic rings. The Morgan fingerprint density at radius 3 is 2.58 bits per heavy atom. The number of nitrogens with zero attached hydrogens (tertiary/aromatic N) is 1. The number of carboxylic acid groups (broad SMARTS) is 1. The molecule has 1 aliphatic heterocycles. The number of ether oxygens (including phenoxy) is 2. The maximum atomic E-state index is 12.8. The van der Waals surface area contributed by atoms with E-state index in [-0.39, 0.29) is 5.82 Å². The number of benzene rings is 2. The molecule has 38 heavy (non-hydrogen) atoms. The molecule has 0 radical (unpaired) electrons. The summed E-state index contributed by atoms with van der Waals surface area (Å²) in [5.41, 5.74) is 3.80. The number of urea groups is 1. The van der Waals surface area contributed by atoms with Gasteiger partial charge in [0, 0.05) is 27.5 Å². The Morgan fingerprint density at radius 1 is 1.13 bits per heavy atom. The van der Waals surface area contributed by atoms with Gasteiger partial charge in [-0.1, -0.05) is 23.7 Å². The molecule has 0 aliphatic carbocycles. The van der Waals surface area contributed by atoms with Gasteiger partial charge in [0.1, 0.15) is 11.6 Å². The van der Waals surface area contributed by atoms with Crippen LogP contribution in [0.4, 0.5) is 16.3 Å². The van der Waals surface area contributed by atoms with Crippen molar-refractivity contribution < 1.29 is 24.2 Å². The summed E-state index contributed by atoms with van der Waals surface area (Å²) in [6, 6.07) is 12.1. The minimum Gasteiger partial charge on any atom is -0.493 e. The van der Waals surface area contributed by atoms with Crippen molar-refractivity contribution in [1.82, 2.24) is 4.98 Å². The fraction of sp³-hybridized carbons (Fsp3) is 0.345. The number of fused-ring (bicyclic) bond motifs is 1. The van der Waals surface area contributed by atoms with E-state index in [4.69, 9.17) is 21.1 Å². The van der Waals surface area contributed by atoms with Crippen LogP contribution in [0.5, 0.6) is 5.75 Å². The van der Waals surface area contributed by atoms with Crippen molar-refractivity contribution in [1.29, 1.82) is 0 Å². The van der Waals surface area contributed by atoms with Gasteiger partial charge in [-0.25, -0.2) is 14.6 Å². The summed E-state index contributed by atoms with van der Waals surface area (Å²) in [4.78, 5) is 30.1. The summed E-state index contributed by atoms with van der Waals surface area (Å²) < 4.78 is 11.8. The lowest BCUT2D eigenvalue weighted by Gasteiger charge is -2.29. The molecule has 4 rings (SSSR count). The number of hydrogen-bond donors (Lipinski definition) is 3. The summed E-state index contributed by atoms with van der Waals surface area (Å²) in [5, 5.41) is 16.3. The van der Waals surface area contributed by atoms with Crippen LogP contribution in [0.1, 0.15) is 55.7 Å². The van der Waals surface area contributed by atoms with Crippen molar-refractivity contribution in [2.45, 2.75) is 59.2 Å². The van der Waals surface area contributed by atoms with Gasteiger partial charge in [-0.05, 0) is 94.5 Å². The van der Waals surface area contributed by atoms with Crippen LogP contribution in [-0.4, -0.2) is 34.3 Å². The number of halogens is 1. The van der Waals surface area contributed by atoms with E-state index in [1.54, 1.807) is 58.9 Å². The standard InChI is InChI=1S/C29H32ClN3O5/c1-16-23(25(27(34)35)38-29(3,4)5)24(19-11-12-22-18(14-19)8-7-13-37-22)17(2)31-26(16)33-28(36)32-21-10-6-9-20(30)15-21/h6,9-12,14-15,25H,7-8,13H2,1-5H3,(H,34,35)(H2,31,32,33,36). The molecule has 0 fully saturated rings. The molecule has 2 aromatic carbocycles. The molecular weight excluding hydrogens is 506 g/mol. The number of pyridine rings is 1. The molecule has 0 bridgehead atoms. The summed E-state index contributed by atoms with van der Waals surface area (Å²) in [5.74, 6) is -0.0584. The van der Waals surface area contributed by atoms with Crippen LogP contribution in [0.25, 0.3) is 11.1 Å². The third-order valence-electron chi connectivity index (χ3n) is 6.14. The van der Waals surface area contributed by atoms with Crippen molar-refractivity contribution in [3.63, 3.8) is 0 Å². The van der Waals surface area contributed by atoms with E-state index in [1.807, 2.05) is 18.2 Å². The molecule has 200 valence electrons. The van der Waals surface area contributed by atoms with Crippen LogP contribution in [0, 0.1) is 13.8 Å². The molecule has 0 saturated carbocycles. The zero-order valence-corrected chi connectivity index (χ0v) is 22.9. The number of aliphatic carboxylic acids is 1. The zero-order chi connectivity index (χ0) is 27.6. The monoisotopic (exact) mass is 537 g/mol. The second-order valence-electron chi connectivity index (χ2n) is 10.3. The zero-order valence-electron chi connectivity index (χ0n) is 22.1. The predicted octanol–water partition coefficient (Wildman–Crippen LogP) is 6.93. The lowest BCUT2D eigenvalue weighted by atomic mass is 9.89. The van der Waals surface area contributed by atoms with Gasteiger partial charge >= 0.3 is 12.0 Å². The highest BCUT2D eigenvalue weighted by molar-refractivity contribution is 6.30. The number of nitrogens with one attached hydrogen (secondary N) is 2. The molecule has 1 unspecified atom stereocenters. The first-order chi connectivity index (χ1) is 17.9. The number of anilines is 2. The van der Waals surface area contributed by atoms with Crippen LogP contribution in [0.15, 0.2) is 42.5 Å². The number of rotatable bonds is 6. The van der Waals surface area contributed by atoms with Crippen LogP contribution in [0.3, 0.4) is 0 Å². The van der Waals surface area contributed by atoms with E-state index in [0.717, 1.165) is 29.7 Å². The second-order valence-corrected chi connectivity index (χ2v) is 10.7. The number of aromatic nitrogens is 1. The van der Waals surface area contributed by atoms with E-state index in [2.05, 4.69) is 15.6 Å². The molecule has 9 heteroatoms. The lowest BCUT2D eigenvalue weighted by molar-refractivity contribution is -0.160. The third-order valence-corrected chi connectivity index (χ3v) is 6.37. The minimum atomic E-state index is -1.30. The number of carbonyl (C=O) groups excluding carboxylic acids is 1. The van der Waals surface area contributed by atoms with E-state index in [0.29, 0.717) is 39.7 Å². The molecule has 1 aliphatic rings. The Balaban J connectivity index is 1.82. The van der Waals surface area contributed by atoms with Crippen LogP contribution in [-0.2, 0) is 16.0 Å². The highest BCUT2D eigenvalue weighted by Gasteiger charge is 2.33. The van der Waals surface area contributed by atoms with Gasteiger partial charge in [-0.3, -0.25) is 5.32 Å². The summed E-state index contributed by atoms with van der Waals surface area (Å²) in [7, 11) is 0. The Kier molecular flexibility index (Phi) is 7.94. The van der Waals surface area contributed by atoms with Crippen molar-refractivity contribution in [2.75, 3.05) is 17.2 Å². The van der Waals surface area contributed by atoms with Crippen LogP contribution < -0.4 is 15.4 Å². The highest BCUT2D eigenvalue weighted by Crippen LogP contribution is 2.41. The van der Waals surface area contributed by atoms with Crippen LogP contribution in [0.2, 0.25) is 5.02 Å². The number of amides is 2. The molecule has 0 spiro atoms. The highest BCUT2D eigenvalue weighted by atomic mass is 35.5. The molecule has 1 aromatic heterocycles. The first-order valence-electron chi connectivity index (χ1n) is 12.4. The summed E-state index contributed by atoms with van der Waals surface area (Å²) in [6.07, 6.45) is 0.485. The maximum absolute atomic E-state index is 12.8. The number of hydrogen-bond acceptors (Lipinski definition) is 5. The molecule has 8 nitrogen and oxygen atoms in total. The van der Waals surface area contributed by atoms with E-state index in [1.165, 1.54) is 0 Å². The maximum Gasteiger partial charge on any atom is 0.337 e. The average molecular weight is 538 g/mol. The summed E-state index contributed by atoms with van der Waals surface area (Å²) in [6.45, 7) is 9.63. The van der Waals surface area contributed by atoms with Crippen molar-refractivity contribution in [3.8, 4) is 16.9 Å². The first-order valence-corrected chi connectivity index (χ1v) is 12.8. The average Bonchev–Trinajstić information content (AvgIpc) is 2.83. The fourth-order valence-corrected chi connectivity index (χ4v) is 4.76. The van der Waals surface area contributed by atoms with Gasteiger partial charge in [0.15, 0.2) is 6.10 Å². The Bertz CT molecular complexity index is 1380. The predicted molar refractivity (Wildman–Crippen MR) is 148 cm³/mol. The second kappa shape index (κ2) is 11.0. The van der Waals surface area contributed by atoms with E-state index in [9.17, 15) is 14.7 Å². The molecule has 2 heterocycles. The normalized spacial score (nSPS) is 13.7. The van der Waals surface area contributed by atoms with Gasteiger partial charge in [0.05, 0.1) is 12.2 Å². The van der Waals surface area contributed by atoms with Gasteiger partial charge in [-0.15, -0.1) is 0 Å². The third kappa shape index (κ3) is 6.26. The molecule has 3 N–H and O–H groups in total.